The lowest BCUT2D eigenvalue weighted by Crippen LogP contribution is -2.16. The molecule has 2 aliphatic carbocycles. The van der Waals surface area contributed by atoms with Crippen molar-refractivity contribution in [2.75, 3.05) is 5.73 Å². The molecule has 2 heterocycles. The van der Waals surface area contributed by atoms with Crippen molar-refractivity contribution in [3.8, 4) is 0 Å². The Balaban J connectivity index is 1.99. The van der Waals surface area contributed by atoms with Gasteiger partial charge in [0.2, 0.25) is 0 Å². The number of hydrogen-bond donors (Lipinski definition) is 1. The second kappa shape index (κ2) is 4.48. The number of hydrogen-bond acceptors (Lipinski definition) is 2. The van der Waals surface area contributed by atoms with Crippen LogP contribution in [0.3, 0.4) is 0 Å². The molecule has 0 fully saturated rings. The zero-order valence-electron chi connectivity index (χ0n) is 11.3. The molecule has 2 aliphatic rings. The molecule has 0 spiro atoms. The first-order valence-electron chi connectivity index (χ1n) is 7.61. The maximum absolute atomic E-state index is 6.56. The van der Waals surface area contributed by atoms with Gasteiger partial charge in [-0.25, -0.2) is 0 Å². The highest BCUT2D eigenvalue weighted by molar-refractivity contribution is 7.18. The van der Waals surface area contributed by atoms with Crippen LogP contribution in [0.2, 0.25) is 0 Å². The van der Waals surface area contributed by atoms with Crippen molar-refractivity contribution < 1.29 is 4.98 Å². The Labute approximate surface area is 118 Å². The van der Waals surface area contributed by atoms with Gasteiger partial charge in [-0.05, 0) is 50.5 Å². The minimum atomic E-state index is 1.10. The van der Waals surface area contributed by atoms with Crippen LogP contribution in [0.15, 0.2) is 0 Å². The lowest BCUT2D eigenvalue weighted by molar-refractivity contribution is -0.355. The van der Waals surface area contributed by atoms with Gasteiger partial charge in [0.1, 0.15) is 0 Å². The quantitative estimate of drug-likeness (QED) is 0.734. The van der Waals surface area contributed by atoms with Gasteiger partial charge in [0.05, 0.1) is 11.1 Å². The summed E-state index contributed by atoms with van der Waals surface area (Å²) in [7, 11) is 0. The van der Waals surface area contributed by atoms with Gasteiger partial charge in [-0.15, -0.1) is 0 Å². The molecule has 0 saturated carbocycles. The first-order valence-corrected chi connectivity index (χ1v) is 8.43. The summed E-state index contributed by atoms with van der Waals surface area (Å²) in [5, 5.41) is 1.38. The van der Waals surface area contributed by atoms with Crippen LogP contribution in [0.5, 0.6) is 0 Å². The molecular weight excluding hydrogens is 252 g/mol. The first kappa shape index (κ1) is 11.7. The fourth-order valence-corrected chi connectivity index (χ4v) is 5.07. The van der Waals surface area contributed by atoms with E-state index in [9.17, 15) is 0 Å². The van der Waals surface area contributed by atoms with Crippen LogP contribution >= 0.6 is 11.3 Å². The normalized spacial score (nSPS) is 18.9. The molecular formula is C16H21N2S+. The van der Waals surface area contributed by atoms with Gasteiger partial charge >= 0.3 is 0 Å². The van der Waals surface area contributed by atoms with E-state index in [0.717, 1.165) is 12.1 Å². The molecule has 0 aromatic carbocycles. The van der Waals surface area contributed by atoms with Crippen molar-refractivity contribution >= 4 is 27.2 Å². The highest BCUT2D eigenvalue weighted by atomic mass is 32.1. The van der Waals surface area contributed by atoms with Gasteiger partial charge in [0.15, 0.2) is 5.69 Å². The second-order valence-electron chi connectivity index (χ2n) is 5.97. The third kappa shape index (κ3) is 1.78. The number of nitrogen functional groups attached to an aromatic ring is 1. The van der Waals surface area contributed by atoms with Gasteiger partial charge in [0, 0.05) is 16.9 Å². The number of aryl methyl sites for hydroxylation is 3. The molecule has 2 aromatic heterocycles. The van der Waals surface area contributed by atoms with Crippen molar-refractivity contribution in [3.05, 3.63) is 21.7 Å². The molecule has 0 unspecified atom stereocenters. The topological polar surface area (TPSA) is 40.2 Å². The Morgan fingerprint density at radius 2 is 1.58 bits per heavy atom. The van der Waals surface area contributed by atoms with E-state index in [4.69, 9.17) is 5.73 Å². The molecule has 2 nitrogen and oxygen atoms in total. The zero-order chi connectivity index (χ0) is 12.8. The molecule has 3 N–H and O–H groups in total. The van der Waals surface area contributed by atoms with Gasteiger partial charge in [-0.2, -0.15) is 4.98 Å². The summed E-state index contributed by atoms with van der Waals surface area (Å²) in [5.41, 5.74) is 12.1. The van der Waals surface area contributed by atoms with Crippen molar-refractivity contribution in [3.63, 3.8) is 0 Å². The molecule has 19 heavy (non-hydrogen) atoms. The minimum Gasteiger partial charge on any atom is -0.398 e. The number of rotatable bonds is 0. The van der Waals surface area contributed by atoms with E-state index >= 15 is 0 Å². The molecule has 0 saturated heterocycles. The van der Waals surface area contributed by atoms with E-state index in [-0.39, 0.29) is 0 Å². The van der Waals surface area contributed by atoms with E-state index in [0.29, 0.717) is 0 Å². The molecule has 4 rings (SSSR count). The maximum Gasteiger partial charge on any atom is 0.270 e. The molecule has 2 aromatic rings. The van der Waals surface area contributed by atoms with Crippen LogP contribution in [0.1, 0.15) is 53.8 Å². The highest BCUT2D eigenvalue weighted by Gasteiger charge is 2.26. The number of aromatic amines is 1. The monoisotopic (exact) mass is 273 g/mol. The van der Waals surface area contributed by atoms with E-state index in [1.165, 1.54) is 72.8 Å². The Hall–Kier alpha value is -1.09. The van der Waals surface area contributed by atoms with Gasteiger partial charge in [-0.3, -0.25) is 0 Å². The third-order valence-electron chi connectivity index (χ3n) is 4.75. The summed E-state index contributed by atoms with van der Waals surface area (Å²) in [6.07, 6.45) is 11.4. The van der Waals surface area contributed by atoms with Crippen molar-refractivity contribution in [2.24, 2.45) is 0 Å². The van der Waals surface area contributed by atoms with Crippen LogP contribution in [0.4, 0.5) is 5.69 Å². The van der Waals surface area contributed by atoms with Crippen LogP contribution in [0.25, 0.3) is 10.2 Å². The molecule has 3 heteroatoms. The number of aromatic nitrogens is 1. The maximum atomic E-state index is 6.56. The Morgan fingerprint density at radius 3 is 2.53 bits per heavy atom. The van der Waals surface area contributed by atoms with Crippen LogP contribution < -0.4 is 10.7 Å². The van der Waals surface area contributed by atoms with Crippen molar-refractivity contribution in [1.29, 1.82) is 0 Å². The zero-order valence-corrected chi connectivity index (χ0v) is 12.2. The van der Waals surface area contributed by atoms with E-state index < -0.39 is 0 Å². The second-order valence-corrected chi connectivity index (χ2v) is 7.08. The number of pyridine rings is 1. The average molecular weight is 273 g/mol. The predicted molar refractivity (Wildman–Crippen MR) is 80.7 cm³/mol. The summed E-state index contributed by atoms with van der Waals surface area (Å²) in [4.78, 5) is 6.65. The standard InChI is InChI=1S/C16H20N2S/c17-15-10-6-2-1-3-8-12(10)18-16-14(15)11-7-4-5-9-13(11)19-16/h1-9H2,(H2,17,18)/p+1. The number of anilines is 1. The smallest absolute Gasteiger partial charge is 0.270 e. The van der Waals surface area contributed by atoms with E-state index in [1.54, 1.807) is 10.4 Å². The van der Waals surface area contributed by atoms with E-state index in [1.807, 2.05) is 11.3 Å². The van der Waals surface area contributed by atoms with Gasteiger partial charge in [0.25, 0.3) is 4.83 Å². The SMILES string of the molecule is Nc1c2c([nH+]c3sc4c(c13)CCCC4)CCCCC2. The van der Waals surface area contributed by atoms with E-state index in [2.05, 4.69) is 4.98 Å². The third-order valence-corrected chi connectivity index (χ3v) is 5.96. The van der Waals surface area contributed by atoms with Gasteiger partial charge in [-0.1, -0.05) is 17.8 Å². The molecule has 0 radical (unpaired) electrons. The first-order chi connectivity index (χ1) is 9.34. The lowest BCUT2D eigenvalue weighted by Gasteiger charge is -2.11. The molecule has 0 amide bonds. The molecule has 100 valence electrons. The Kier molecular flexibility index (Phi) is 2.76. The largest absolute Gasteiger partial charge is 0.398 e. The summed E-state index contributed by atoms with van der Waals surface area (Å²) >= 11 is 1.96. The summed E-state index contributed by atoms with van der Waals surface area (Å²) in [6, 6.07) is 0. The van der Waals surface area contributed by atoms with Crippen molar-refractivity contribution in [1.82, 2.24) is 0 Å². The molecule has 0 atom stereocenters. The minimum absolute atomic E-state index is 1.10. The Bertz CT molecular complexity index is 642. The Morgan fingerprint density at radius 1 is 0.842 bits per heavy atom. The number of fused-ring (bicyclic) bond motifs is 4. The number of nitrogens with one attached hydrogen (secondary N) is 1. The lowest BCUT2D eigenvalue weighted by atomic mass is 9.94. The fraction of sp³-hybridized carbons (Fsp3) is 0.562. The predicted octanol–water partition coefficient (Wildman–Crippen LogP) is 3.45. The summed E-state index contributed by atoms with van der Waals surface area (Å²) in [6.45, 7) is 0. The average Bonchev–Trinajstić information content (AvgIpc) is 2.62. The highest BCUT2D eigenvalue weighted by Crippen LogP contribution is 2.39. The van der Waals surface area contributed by atoms with Crippen LogP contribution in [0, 0.1) is 0 Å². The summed E-state index contributed by atoms with van der Waals surface area (Å²) < 4.78 is 0. The van der Waals surface area contributed by atoms with Crippen molar-refractivity contribution in [2.45, 2.75) is 57.8 Å². The summed E-state index contributed by atoms with van der Waals surface area (Å²) in [5.74, 6) is 0. The fourth-order valence-electron chi connectivity index (χ4n) is 3.74. The number of nitrogens with two attached hydrogens (primary N) is 1. The molecule has 0 bridgehead atoms. The number of H-pyrrole nitrogens is 1. The van der Waals surface area contributed by atoms with Crippen LogP contribution in [-0.4, -0.2) is 0 Å². The molecule has 0 aliphatic heterocycles. The number of thiophene rings is 1. The van der Waals surface area contributed by atoms with Crippen LogP contribution in [-0.2, 0) is 25.7 Å². The van der Waals surface area contributed by atoms with Gasteiger partial charge < -0.3 is 5.73 Å².